The van der Waals surface area contributed by atoms with E-state index in [1.54, 1.807) is 13.1 Å². The number of carboxylic acid groups (broad SMARTS) is 1. The average Bonchev–Trinajstić information content (AvgIpc) is 2.61. The van der Waals surface area contributed by atoms with Gasteiger partial charge in [-0.2, -0.15) is 0 Å². The van der Waals surface area contributed by atoms with Gasteiger partial charge in [0.2, 0.25) is 5.82 Å². The number of hydrogen-bond acceptors (Lipinski definition) is 2. The van der Waals surface area contributed by atoms with Crippen molar-refractivity contribution in [1.29, 1.82) is 0 Å². The summed E-state index contributed by atoms with van der Waals surface area (Å²) < 4.78 is 1.50. The van der Waals surface area contributed by atoms with Crippen LogP contribution in [0.15, 0.2) is 30.5 Å². The number of hydrogen-bond donors (Lipinski definition) is 1. The van der Waals surface area contributed by atoms with E-state index in [-0.39, 0.29) is 5.82 Å². The lowest BCUT2D eigenvalue weighted by Crippen LogP contribution is -2.06. The second-order valence-electron chi connectivity index (χ2n) is 3.31. The van der Waals surface area contributed by atoms with Crippen LogP contribution in [0.5, 0.6) is 0 Å². The first-order valence-corrected chi connectivity index (χ1v) is 4.99. The van der Waals surface area contributed by atoms with Crippen molar-refractivity contribution in [3.63, 3.8) is 0 Å². The summed E-state index contributed by atoms with van der Waals surface area (Å²) in [5, 5.41) is 9.45. The number of benzene rings is 1. The minimum absolute atomic E-state index is 0.00470. The van der Waals surface area contributed by atoms with Gasteiger partial charge in [-0.25, -0.2) is 9.78 Å². The van der Waals surface area contributed by atoms with Crippen LogP contribution in [-0.2, 0) is 7.05 Å². The lowest BCUT2D eigenvalue weighted by molar-refractivity contribution is 0.0680. The zero-order valence-electron chi connectivity index (χ0n) is 8.51. The standard InChI is InChI=1S/C11H9ClN2O2/c1-14-9(6-13-10(14)11(15)16)7-4-2-3-5-8(7)12/h2-6H,1H3,(H,15,16). The molecule has 1 aromatic heterocycles. The molecule has 0 aliphatic rings. The van der Waals surface area contributed by atoms with Crippen molar-refractivity contribution in [3.05, 3.63) is 41.3 Å². The molecular weight excluding hydrogens is 228 g/mol. The maximum atomic E-state index is 10.8. The maximum absolute atomic E-state index is 10.8. The smallest absolute Gasteiger partial charge is 0.372 e. The Labute approximate surface area is 97.1 Å². The summed E-state index contributed by atoms with van der Waals surface area (Å²) in [7, 11) is 1.65. The Bertz CT molecular complexity index is 549. The van der Waals surface area contributed by atoms with Crippen LogP contribution in [0.3, 0.4) is 0 Å². The molecule has 0 saturated heterocycles. The third-order valence-corrected chi connectivity index (χ3v) is 2.66. The third kappa shape index (κ3) is 1.67. The van der Waals surface area contributed by atoms with Gasteiger partial charge in [0.1, 0.15) is 0 Å². The highest BCUT2D eigenvalue weighted by Crippen LogP contribution is 2.27. The Balaban J connectivity index is 2.58. The summed E-state index contributed by atoms with van der Waals surface area (Å²) in [6, 6.07) is 7.24. The van der Waals surface area contributed by atoms with Crippen molar-refractivity contribution in [3.8, 4) is 11.3 Å². The Morgan fingerprint density at radius 1 is 1.44 bits per heavy atom. The molecule has 16 heavy (non-hydrogen) atoms. The number of aromatic carboxylic acids is 1. The second-order valence-corrected chi connectivity index (χ2v) is 3.72. The van der Waals surface area contributed by atoms with Gasteiger partial charge in [-0.05, 0) is 6.07 Å². The maximum Gasteiger partial charge on any atom is 0.372 e. The molecule has 0 fully saturated rings. The molecule has 82 valence electrons. The predicted molar refractivity (Wildman–Crippen MR) is 60.6 cm³/mol. The van der Waals surface area contributed by atoms with Crippen LogP contribution in [0.1, 0.15) is 10.6 Å². The average molecular weight is 237 g/mol. The lowest BCUT2D eigenvalue weighted by atomic mass is 10.2. The first-order valence-electron chi connectivity index (χ1n) is 4.61. The van der Waals surface area contributed by atoms with E-state index in [4.69, 9.17) is 16.7 Å². The summed E-state index contributed by atoms with van der Waals surface area (Å²) in [6.07, 6.45) is 1.50. The molecule has 0 radical (unpaired) electrons. The number of halogens is 1. The molecule has 1 N–H and O–H groups in total. The van der Waals surface area contributed by atoms with Gasteiger partial charge >= 0.3 is 5.97 Å². The fourth-order valence-corrected chi connectivity index (χ4v) is 1.76. The SMILES string of the molecule is Cn1c(-c2ccccc2Cl)cnc1C(=O)O. The van der Waals surface area contributed by atoms with E-state index in [0.29, 0.717) is 10.7 Å². The zero-order chi connectivity index (χ0) is 11.7. The fraction of sp³-hybridized carbons (Fsp3) is 0.0909. The second kappa shape index (κ2) is 3.98. The highest BCUT2D eigenvalue weighted by molar-refractivity contribution is 6.33. The molecule has 0 aliphatic carbocycles. The van der Waals surface area contributed by atoms with E-state index in [9.17, 15) is 4.79 Å². The Morgan fingerprint density at radius 3 is 2.69 bits per heavy atom. The molecule has 0 spiro atoms. The number of carbonyl (C=O) groups is 1. The summed E-state index contributed by atoms with van der Waals surface area (Å²) in [5.74, 6) is -1.06. The summed E-state index contributed by atoms with van der Waals surface area (Å²) in [4.78, 5) is 14.7. The molecular formula is C11H9ClN2O2. The van der Waals surface area contributed by atoms with Crippen LogP contribution in [0, 0.1) is 0 Å². The summed E-state index contributed by atoms with van der Waals surface area (Å²) >= 11 is 6.03. The minimum Gasteiger partial charge on any atom is -0.475 e. The van der Waals surface area contributed by atoms with Crippen LogP contribution < -0.4 is 0 Å². The topological polar surface area (TPSA) is 55.1 Å². The molecule has 0 saturated carbocycles. The molecule has 1 heterocycles. The lowest BCUT2D eigenvalue weighted by Gasteiger charge is -2.05. The van der Waals surface area contributed by atoms with E-state index >= 15 is 0 Å². The van der Waals surface area contributed by atoms with Crippen LogP contribution in [-0.4, -0.2) is 20.6 Å². The van der Waals surface area contributed by atoms with Gasteiger partial charge in [-0.15, -0.1) is 0 Å². The van der Waals surface area contributed by atoms with E-state index < -0.39 is 5.97 Å². The Morgan fingerprint density at radius 2 is 2.12 bits per heavy atom. The molecule has 0 aliphatic heterocycles. The van der Waals surface area contributed by atoms with E-state index in [1.165, 1.54) is 10.8 Å². The van der Waals surface area contributed by atoms with Crippen LogP contribution in [0.25, 0.3) is 11.3 Å². The van der Waals surface area contributed by atoms with Crippen molar-refractivity contribution < 1.29 is 9.90 Å². The van der Waals surface area contributed by atoms with Gasteiger partial charge < -0.3 is 9.67 Å². The largest absolute Gasteiger partial charge is 0.475 e. The molecule has 2 aromatic rings. The van der Waals surface area contributed by atoms with Crippen molar-refractivity contribution in [2.45, 2.75) is 0 Å². The van der Waals surface area contributed by atoms with Crippen LogP contribution in [0.4, 0.5) is 0 Å². The van der Waals surface area contributed by atoms with E-state index in [2.05, 4.69) is 4.98 Å². The molecule has 0 atom stereocenters. The van der Waals surface area contributed by atoms with Gasteiger partial charge in [0.15, 0.2) is 0 Å². The summed E-state index contributed by atoms with van der Waals surface area (Å²) in [5.41, 5.74) is 1.45. The molecule has 0 bridgehead atoms. The van der Waals surface area contributed by atoms with Gasteiger partial charge in [0, 0.05) is 17.6 Å². The highest BCUT2D eigenvalue weighted by atomic mass is 35.5. The molecule has 1 aromatic carbocycles. The molecule has 2 rings (SSSR count). The highest BCUT2D eigenvalue weighted by Gasteiger charge is 2.15. The van der Waals surface area contributed by atoms with Gasteiger partial charge in [-0.3, -0.25) is 0 Å². The molecule has 4 nitrogen and oxygen atoms in total. The fourth-order valence-electron chi connectivity index (χ4n) is 1.53. The third-order valence-electron chi connectivity index (χ3n) is 2.33. The van der Waals surface area contributed by atoms with Crippen molar-refractivity contribution in [2.24, 2.45) is 7.05 Å². The summed E-state index contributed by atoms with van der Waals surface area (Å²) in [6.45, 7) is 0. The van der Waals surface area contributed by atoms with Crippen molar-refractivity contribution >= 4 is 17.6 Å². The quantitative estimate of drug-likeness (QED) is 0.871. The molecule has 0 amide bonds. The first kappa shape index (κ1) is 10.7. The zero-order valence-corrected chi connectivity index (χ0v) is 9.27. The van der Waals surface area contributed by atoms with Gasteiger partial charge in [-0.1, -0.05) is 29.8 Å². The van der Waals surface area contributed by atoms with Crippen molar-refractivity contribution in [2.75, 3.05) is 0 Å². The van der Waals surface area contributed by atoms with Gasteiger partial charge in [0.05, 0.1) is 11.9 Å². The number of imidazole rings is 1. The number of rotatable bonds is 2. The van der Waals surface area contributed by atoms with E-state index in [0.717, 1.165) is 5.56 Å². The van der Waals surface area contributed by atoms with Crippen LogP contribution >= 0.6 is 11.6 Å². The normalized spacial score (nSPS) is 10.4. The monoisotopic (exact) mass is 236 g/mol. The molecule has 0 unspecified atom stereocenters. The van der Waals surface area contributed by atoms with E-state index in [1.807, 2.05) is 18.2 Å². The van der Waals surface area contributed by atoms with Crippen LogP contribution in [0.2, 0.25) is 5.02 Å². The first-order chi connectivity index (χ1) is 7.61. The Kier molecular flexibility index (Phi) is 2.66. The van der Waals surface area contributed by atoms with Crippen molar-refractivity contribution in [1.82, 2.24) is 9.55 Å². The minimum atomic E-state index is -1.05. The van der Waals surface area contributed by atoms with Gasteiger partial charge in [0.25, 0.3) is 0 Å². The Hall–Kier alpha value is -1.81. The number of carboxylic acids is 1. The number of nitrogens with zero attached hydrogens (tertiary/aromatic N) is 2. The molecule has 5 heteroatoms. The number of aromatic nitrogens is 2. The predicted octanol–water partition coefficient (Wildman–Crippen LogP) is 2.44.